The summed E-state index contributed by atoms with van der Waals surface area (Å²) in [6, 6.07) is 3.41. The molecule has 0 aliphatic heterocycles. The van der Waals surface area contributed by atoms with Gasteiger partial charge in [0.2, 0.25) is 0 Å². The third-order valence-corrected chi connectivity index (χ3v) is 3.66. The molecule has 0 aliphatic carbocycles. The summed E-state index contributed by atoms with van der Waals surface area (Å²) in [6.45, 7) is 0. The molecular weight excluding hydrogens is 295 g/mol. The molecule has 92 valence electrons. The van der Waals surface area contributed by atoms with Crippen molar-refractivity contribution >= 4 is 31.3 Å². The summed E-state index contributed by atoms with van der Waals surface area (Å²) in [5.74, 6) is -0.438. The maximum absolute atomic E-state index is 12.7. The lowest BCUT2D eigenvalue weighted by Gasteiger charge is -2.10. The van der Waals surface area contributed by atoms with Crippen molar-refractivity contribution in [1.29, 1.82) is 5.26 Å². The van der Waals surface area contributed by atoms with E-state index < -0.39 is 31.8 Å². The van der Waals surface area contributed by atoms with Gasteiger partial charge in [0, 0.05) is 22.1 Å². The van der Waals surface area contributed by atoms with Crippen LogP contribution >= 0.6 is 22.3 Å². The van der Waals surface area contributed by atoms with E-state index in [2.05, 4.69) is 0 Å². The first kappa shape index (κ1) is 14.2. The summed E-state index contributed by atoms with van der Waals surface area (Å²) in [7, 11) is 0.876. The van der Waals surface area contributed by atoms with Gasteiger partial charge in [0.1, 0.15) is 0 Å². The molecule has 0 bridgehead atoms. The first-order valence-electron chi connectivity index (χ1n) is 4.17. The van der Waals surface area contributed by atoms with Crippen molar-refractivity contribution in [2.24, 2.45) is 0 Å². The van der Waals surface area contributed by atoms with E-state index in [9.17, 15) is 17.2 Å². The predicted octanol–water partition coefficient (Wildman–Crippen LogP) is 3.16. The number of halogens is 4. The third-order valence-electron chi connectivity index (χ3n) is 2.00. The smallest absolute Gasteiger partial charge is 0.207 e. The fraction of sp³-hybridized carbons (Fsp3) is 0.222. The second kappa shape index (κ2) is 5.17. The van der Waals surface area contributed by atoms with Crippen LogP contribution in [0.3, 0.4) is 0 Å². The number of hydrogen-bond donors (Lipinski definition) is 0. The maximum atomic E-state index is 12.7. The summed E-state index contributed by atoms with van der Waals surface area (Å²) >= 11 is 5.44. The molecule has 0 fully saturated rings. The number of nitrogens with zero attached hydrogens (tertiary/aromatic N) is 1. The molecule has 0 atom stereocenters. The second-order valence-electron chi connectivity index (χ2n) is 3.03. The Balaban J connectivity index is 3.70. The fourth-order valence-corrected chi connectivity index (χ4v) is 2.83. The van der Waals surface area contributed by atoms with Crippen molar-refractivity contribution in [3.05, 3.63) is 28.8 Å². The summed E-state index contributed by atoms with van der Waals surface area (Å²) in [6.07, 6.45) is -2.94. The van der Waals surface area contributed by atoms with Gasteiger partial charge in [-0.3, -0.25) is 0 Å². The lowest BCUT2D eigenvalue weighted by molar-refractivity contribution is 0.150. The minimum atomic E-state index is -4.23. The van der Waals surface area contributed by atoms with Gasteiger partial charge in [-0.1, -0.05) is 0 Å². The molecule has 1 rings (SSSR count). The Kier molecular flexibility index (Phi) is 4.31. The van der Waals surface area contributed by atoms with Crippen LogP contribution in [0.1, 0.15) is 23.1 Å². The molecule has 0 aliphatic rings. The highest BCUT2D eigenvalue weighted by molar-refractivity contribution is 8.13. The van der Waals surface area contributed by atoms with Crippen LogP contribution in [0.5, 0.6) is 0 Å². The molecule has 1 aromatic carbocycles. The Hall–Kier alpha value is -0.900. The zero-order valence-corrected chi connectivity index (χ0v) is 10.5. The van der Waals surface area contributed by atoms with Gasteiger partial charge in [0.25, 0.3) is 15.5 Å². The zero-order valence-electron chi connectivity index (χ0n) is 8.12. The van der Waals surface area contributed by atoms with Gasteiger partial charge >= 0.3 is 0 Å². The van der Waals surface area contributed by atoms with Gasteiger partial charge in [-0.05, 0) is 17.7 Å². The lowest BCUT2D eigenvalue weighted by atomic mass is 10.1. The average Bonchev–Trinajstić information content (AvgIpc) is 2.25. The topological polar surface area (TPSA) is 57.9 Å². The van der Waals surface area contributed by atoms with E-state index in [0.29, 0.717) is 0 Å². The summed E-state index contributed by atoms with van der Waals surface area (Å²) < 4.78 is 47.8. The number of nitriles is 1. The average molecular weight is 300 g/mol. The molecule has 8 heteroatoms. The minimum Gasteiger partial charge on any atom is -0.207 e. The van der Waals surface area contributed by atoms with Crippen LogP contribution in [-0.4, -0.2) is 8.42 Å². The van der Waals surface area contributed by atoms with Crippen LogP contribution < -0.4 is 0 Å². The molecule has 0 heterocycles. The standard InChI is InChI=1S/C9H5Cl2F2NO2S/c10-3-7-6(9(12)13)1-5(4-14)2-8(7)17(11,15)16/h1-2,9H,3H2. The van der Waals surface area contributed by atoms with Crippen LogP contribution in [0, 0.1) is 11.3 Å². The van der Waals surface area contributed by atoms with Gasteiger partial charge in [-0.15, -0.1) is 11.6 Å². The fourth-order valence-electron chi connectivity index (χ4n) is 1.29. The van der Waals surface area contributed by atoms with Crippen LogP contribution in [0.2, 0.25) is 0 Å². The summed E-state index contributed by atoms with van der Waals surface area (Å²) in [5.41, 5.74) is -1.10. The van der Waals surface area contributed by atoms with Crippen molar-refractivity contribution in [3.63, 3.8) is 0 Å². The summed E-state index contributed by atoms with van der Waals surface area (Å²) in [5, 5.41) is 8.63. The number of benzene rings is 1. The van der Waals surface area contributed by atoms with Crippen LogP contribution in [-0.2, 0) is 14.9 Å². The molecule has 0 unspecified atom stereocenters. The van der Waals surface area contributed by atoms with Crippen molar-refractivity contribution in [1.82, 2.24) is 0 Å². The Morgan fingerprint density at radius 1 is 1.41 bits per heavy atom. The number of alkyl halides is 3. The molecule has 0 saturated heterocycles. The quantitative estimate of drug-likeness (QED) is 0.636. The normalized spacial score (nSPS) is 11.5. The Labute approximate surface area is 106 Å². The molecule has 0 amide bonds. The van der Waals surface area contributed by atoms with Crippen molar-refractivity contribution in [2.75, 3.05) is 0 Å². The van der Waals surface area contributed by atoms with Crippen LogP contribution in [0.15, 0.2) is 17.0 Å². The van der Waals surface area contributed by atoms with E-state index >= 15 is 0 Å². The molecule has 0 spiro atoms. The number of hydrogen-bond acceptors (Lipinski definition) is 3. The molecular formula is C9H5Cl2F2NO2S. The van der Waals surface area contributed by atoms with Crippen molar-refractivity contribution < 1.29 is 17.2 Å². The SMILES string of the molecule is N#Cc1cc(C(F)F)c(CCl)c(S(=O)(=O)Cl)c1. The van der Waals surface area contributed by atoms with Gasteiger partial charge in [-0.2, -0.15) is 5.26 Å². The maximum Gasteiger partial charge on any atom is 0.264 e. The largest absolute Gasteiger partial charge is 0.264 e. The molecule has 3 nitrogen and oxygen atoms in total. The van der Waals surface area contributed by atoms with Gasteiger partial charge in [0.15, 0.2) is 0 Å². The highest BCUT2D eigenvalue weighted by atomic mass is 35.7. The Morgan fingerprint density at radius 2 is 2.00 bits per heavy atom. The molecule has 1 aromatic rings. The molecule has 0 radical (unpaired) electrons. The first-order chi connectivity index (χ1) is 7.81. The summed E-state index contributed by atoms with van der Waals surface area (Å²) in [4.78, 5) is -0.552. The monoisotopic (exact) mass is 299 g/mol. The minimum absolute atomic E-state index is 0.214. The molecule has 0 aromatic heterocycles. The van der Waals surface area contributed by atoms with Gasteiger partial charge < -0.3 is 0 Å². The van der Waals surface area contributed by atoms with Crippen molar-refractivity contribution in [3.8, 4) is 6.07 Å². The highest BCUT2D eigenvalue weighted by Crippen LogP contribution is 2.32. The van der Waals surface area contributed by atoms with E-state index in [1.54, 1.807) is 6.07 Å². The van der Waals surface area contributed by atoms with Crippen LogP contribution in [0.4, 0.5) is 8.78 Å². The van der Waals surface area contributed by atoms with E-state index in [-0.39, 0.29) is 11.1 Å². The second-order valence-corrected chi connectivity index (χ2v) is 5.83. The van der Waals surface area contributed by atoms with E-state index in [1.807, 2.05) is 0 Å². The Bertz CT molecular complexity index is 581. The zero-order chi connectivity index (χ0) is 13.2. The molecule has 0 saturated carbocycles. The van der Waals surface area contributed by atoms with Gasteiger partial charge in [-0.25, -0.2) is 17.2 Å². The molecule has 17 heavy (non-hydrogen) atoms. The molecule has 0 N–H and O–H groups in total. The Morgan fingerprint density at radius 3 is 2.35 bits per heavy atom. The number of rotatable bonds is 3. The first-order valence-corrected chi connectivity index (χ1v) is 7.01. The van der Waals surface area contributed by atoms with E-state index in [4.69, 9.17) is 27.5 Å². The van der Waals surface area contributed by atoms with Gasteiger partial charge in [0.05, 0.1) is 16.5 Å². The van der Waals surface area contributed by atoms with Crippen LogP contribution in [0.25, 0.3) is 0 Å². The van der Waals surface area contributed by atoms with E-state index in [1.165, 1.54) is 0 Å². The lowest BCUT2D eigenvalue weighted by Crippen LogP contribution is -2.03. The van der Waals surface area contributed by atoms with Crippen molar-refractivity contribution in [2.45, 2.75) is 17.2 Å². The predicted molar refractivity (Wildman–Crippen MR) is 58.7 cm³/mol. The van der Waals surface area contributed by atoms with E-state index in [0.717, 1.165) is 12.1 Å². The highest BCUT2D eigenvalue weighted by Gasteiger charge is 2.23. The third kappa shape index (κ3) is 3.06.